The number of ether oxygens (including phenoxy) is 2. The normalized spacial score (nSPS) is 10.2. The summed E-state index contributed by atoms with van der Waals surface area (Å²) < 4.78 is 23.5. The Morgan fingerprint density at radius 1 is 1.05 bits per heavy atom. The van der Waals surface area contributed by atoms with Crippen LogP contribution in [0.4, 0.5) is 4.39 Å². The van der Waals surface area contributed by atoms with Gasteiger partial charge in [0.25, 0.3) is 0 Å². The summed E-state index contributed by atoms with van der Waals surface area (Å²) in [6, 6.07) is 11.8. The summed E-state index contributed by atoms with van der Waals surface area (Å²) in [5.74, 6) is 0.309. The number of halogens is 1. The summed E-state index contributed by atoms with van der Waals surface area (Å²) in [4.78, 5) is 12.1. The van der Waals surface area contributed by atoms with E-state index in [1.54, 1.807) is 13.2 Å². The predicted octanol–water partition coefficient (Wildman–Crippen LogP) is 3.66. The summed E-state index contributed by atoms with van der Waals surface area (Å²) in [5, 5.41) is 0. The van der Waals surface area contributed by atoms with Crippen molar-refractivity contribution in [2.75, 3.05) is 14.2 Å². The number of methoxy groups -OCH3 is 2. The molecule has 0 radical (unpaired) electrons. The lowest BCUT2D eigenvalue weighted by Crippen LogP contribution is -2.02. The Bertz CT molecular complexity index is 620. The van der Waals surface area contributed by atoms with Crippen LogP contribution in [0.15, 0.2) is 42.5 Å². The second-order valence-corrected chi connectivity index (χ2v) is 4.62. The number of ketones is 1. The highest BCUT2D eigenvalue weighted by molar-refractivity contribution is 5.96. The predicted molar refractivity (Wildman–Crippen MR) is 78.6 cm³/mol. The van der Waals surface area contributed by atoms with Crippen molar-refractivity contribution in [3.63, 3.8) is 0 Å². The minimum atomic E-state index is -0.521. The van der Waals surface area contributed by atoms with E-state index >= 15 is 0 Å². The number of rotatable bonds is 6. The number of hydrogen-bond acceptors (Lipinski definition) is 3. The lowest BCUT2D eigenvalue weighted by molar-refractivity contribution is 0.0982. The van der Waals surface area contributed by atoms with Gasteiger partial charge in [0.05, 0.1) is 14.2 Å². The Kier molecular flexibility index (Phi) is 4.93. The molecule has 3 nitrogen and oxygen atoms in total. The molecule has 0 N–H and O–H groups in total. The third kappa shape index (κ3) is 3.81. The fourth-order valence-electron chi connectivity index (χ4n) is 2.03. The first kappa shape index (κ1) is 15.0. The molecule has 0 bridgehead atoms. The van der Waals surface area contributed by atoms with Crippen molar-refractivity contribution >= 4 is 5.78 Å². The number of Topliss-reactive ketones (excluding diaryl/α,β-unsaturated/α-hetero) is 1. The third-order valence-corrected chi connectivity index (χ3v) is 3.27. The fraction of sp³-hybridized carbons (Fsp3) is 0.235. The lowest BCUT2D eigenvalue weighted by atomic mass is 10.0. The maximum Gasteiger partial charge on any atom is 0.165 e. The average molecular weight is 288 g/mol. The second-order valence-electron chi connectivity index (χ2n) is 4.62. The summed E-state index contributed by atoms with van der Waals surface area (Å²) in [5.41, 5.74) is 1.40. The standard InChI is InChI=1S/C17H17FO3/c1-20-14-7-3-12(4-8-14)5-9-16(19)13-6-10-17(21-2)15(18)11-13/h3-4,6-8,10-11H,5,9H2,1-2H3. The van der Waals surface area contributed by atoms with Gasteiger partial charge in [-0.05, 0) is 42.3 Å². The quantitative estimate of drug-likeness (QED) is 0.761. The van der Waals surface area contributed by atoms with E-state index in [0.29, 0.717) is 18.4 Å². The molecule has 0 aliphatic carbocycles. The van der Waals surface area contributed by atoms with Crippen LogP contribution in [-0.4, -0.2) is 20.0 Å². The monoisotopic (exact) mass is 288 g/mol. The minimum absolute atomic E-state index is 0.0904. The van der Waals surface area contributed by atoms with Crippen molar-refractivity contribution in [1.29, 1.82) is 0 Å². The van der Waals surface area contributed by atoms with Crippen LogP contribution in [0.3, 0.4) is 0 Å². The van der Waals surface area contributed by atoms with Gasteiger partial charge in [0, 0.05) is 12.0 Å². The van der Waals surface area contributed by atoms with Crippen LogP contribution in [0, 0.1) is 5.82 Å². The largest absolute Gasteiger partial charge is 0.497 e. The van der Waals surface area contributed by atoms with Crippen LogP contribution >= 0.6 is 0 Å². The highest BCUT2D eigenvalue weighted by Crippen LogP contribution is 2.19. The molecule has 0 aliphatic rings. The lowest BCUT2D eigenvalue weighted by Gasteiger charge is -2.05. The highest BCUT2D eigenvalue weighted by atomic mass is 19.1. The van der Waals surface area contributed by atoms with Crippen molar-refractivity contribution < 1.29 is 18.7 Å². The molecule has 2 rings (SSSR count). The van der Waals surface area contributed by atoms with Gasteiger partial charge in [-0.15, -0.1) is 0 Å². The topological polar surface area (TPSA) is 35.5 Å². The Hall–Kier alpha value is -2.36. The van der Waals surface area contributed by atoms with Crippen molar-refractivity contribution in [3.05, 3.63) is 59.4 Å². The maximum absolute atomic E-state index is 13.6. The molecule has 0 fully saturated rings. The highest BCUT2D eigenvalue weighted by Gasteiger charge is 2.10. The van der Waals surface area contributed by atoms with Crippen LogP contribution < -0.4 is 9.47 Å². The fourth-order valence-corrected chi connectivity index (χ4v) is 2.03. The number of carbonyl (C=O) groups is 1. The van der Waals surface area contributed by atoms with E-state index in [9.17, 15) is 9.18 Å². The zero-order chi connectivity index (χ0) is 15.2. The second kappa shape index (κ2) is 6.88. The summed E-state index contributed by atoms with van der Waals surface area (Å²) in [6.45, 7) is 0. The number of carbonyl (C=O) groups excluding carboxylic acids is 1. The van der Waals surface area contributed by atoms with Gasteiger partial charge in [0.15, 0.2) is 17.3 Å². The van der Waals surface area contributed by atoms with E-state index in [1.165, 1.54) is 19.2 Å². The minimum Gasteiger partial charge on any atom is -0.497 e. The van der Waals surface area contributed by atoms with Gasteiger partial charge in [0.2, 0.25) is 0 Å². The number of benzene rings is 2. The first-order chi connectivity index (χ1) is 10.1. The van der Waals surface area contributed by atoms with E-state index in [-0.39, 0.29) is 11.5 Å². The molecular weight excluding hydrogens is 271 g/mol. The number of hydrogen-bond donors (Lipinski definition) is 0. The van der Waals surface area contributed by atoms with E-state index in [2.05, 4.69) is 0 Å². The zero-order valence-electron chi connectivity index (χ0n) is 12.1. The Morgan fingerprint density at radius 3 is 2.33 bits per heavy atom. The van der Waals surface area contributed by atoms with E-state index in [1.807, 2.05) is 24.3 Å². The molecule has 4 heteroatoms. The molecule has 2 aromatic carbocycles. The Morgan fingerprint density at radius 2 is 1.76 bits per heavy atom. The third-order valence-electron chi connectivity index (χ3n) is 3.27. The van der Waals surface area contributed by atoms with Crippen molar-refractivity contribution in [2.45, 2.75) is 12.8 Å². The van der Waals surface area contributed by atoms with Gasteiger partial charge >= 0.3 is 0 Å². The van der Waals surface area contributed by atoms with Crippen LogP contribution in [0.1, 0.15) is 22.3 Å². The molecular formula is C17H17FO3. The van der Waals surface area contributed by atoms with Gasteiger partial charge < -0.3 is 9.47 Å². The summed E-state index contributed by atoms with van der Waals surface area (Å²) in [6.07, 6.45) is 0.939. The first-order valence-electron chi connectivity index (χ1n) is 6.63. The van der Waals surface area contributed by atoms with Crippen LogP contribution in [0.25, 0.3) is 0 Å². The zero-order valence-corrected chi connectivity index (χ0v) is 12.1. The molecule has 0 unspecified atom stereocenters. The average Bonchev–Trinajstić information content (AvgIpc) is 2.53. The van der Waals surface area contributed by atoms with Crippen molar-refractivity contribution in [3.8, 4) is 11.5 Å². The van der Waals surface area contributed by atoms with Crippen LogP contribution in [-0.2, 0) is 6.42 Å². The SMILES string of the molecule is COc1ccc(CCC(=O)c2ccc(OC)c(F)c2)cc1. The molecule has 0 aliphatic heterocycles. The first-order valence-corrected chi connectivity index (χ1v) is 6.63. The number of aryl methyl sites for hydroxylation is 1. The van der Waals surface area contributed by atoms with Gasteiger partial charge in [-0.1, -0.05) is 12.1 Å². The molecule has 0 aromatic heterocycles. The van der Waals surface area contributed by atoms with Gasteiger partial charge in [-0.3, -0.25) is 4.79 Å². The Labute approximate surface area is 123 Å². The van der Waals surface area contributed by atoms with Crippen LogP contribution in [0.2, 0.25) is 0 Å². The Balaban J connectivity index is 1.99. The van der Waals surface area contributed by atoms with Gasteiger partial charge in [-0.2, -0.15) is 0 Å². The molecule has 110 valence electrons. The molecule has 21 heavy (non-hydrogen) atoms. The van der Waals surface area contributed by atoms with E-state index in [0.717, 1.165) is 11.3 Å². The molecule has 0 spiro atoms. The maximum atomic E-state index is 13.6. The van der Waals surface area contributed by atoms with Crippen molar-refractivity contribution in [2.24, 2.45) is 0 Å². The molecule has 0 saturated carbocycles. The van der Waals surface area contributed by atoms with Gasteiger partial charge in [-0.25, -0.2) is 4.39 Å². The molecule has 0 saturated heterocycles. The smallest absolute Gasteiger partial charge is 0.165 e. The molecule has 0 atom stereocenters. The summed E-state index contributed by atoms with van der Waals surface area (Å²) >= 11 is 0. The molecule has 0 heterocycles. The molecule has 0 amide bonds. The van der Waals surface area contributed by atoms with E-state index < -0.39 is 5.82 Å². The van der Waals surface area contributed by atoms with Gasteiger partial charge in [0.1, 0.15) is 5.75 Å². The van der Waals surface area contributed by atoms with E-state index in [4.69, 9.17) is 9.47 Å². The van der Waals surface area contributed by atoms with Crippen molar-refractivity contribution in [1.82, 2.24) is 0 Å². The summed E-state index contributed by atoms with van der Waals surface area (Å²) in [7, 11) is 3.00. The van der Waals surface area contributed by atoms with Crippen LogP contribution in [0.5, 0.6) is 11.5 Å². The molecule has 2 aromatic rings.